The molecule has 2 heterocycles. The number of aromatic nitrogens is 1. The Bertz CT molecular complexity index is 1020. The number of carboxylic acids is 1. The summed E-state index contributed by atoms with van der Waals surface area (Å²) in [6, 6.07) is 4.20. The second-order valence-corrected chi connectivity index (χ2v) is 7.80. The van der Waals surface area contributed by atoms with Gasteiger partial charge in [-0.2, -0.15) is 17.5 Å². The number of carbonyl (C=O) groups is 1. The van der Waals surface area contributed by atoms with E-state index >= 15 is 0 Å². The number of alkyl halides is 3. The second-order valence-electron chi connectivity index (χ2n) is 5.86. The van der Waals surface area contributed by atoms with E-state index in [0.717, 1.165) is 28.7 Å². The molecule has 0 atom stereocenters. The lowest BCUT2D eigenvalue weighted by molar-refractivity contribution is -0.140. The SMILES string of the molecule is O=C(O)c1cc(S(=O)(=O)N2CC(Oc3ncccc3C(F)(F)F)C2)ccc1F. The molecule has 1 N–H and O–H groups in total. The van der Waals surface area contributed by atoms with Crippen LogP contribution in [0.3, 0.4) is 0 Å². The normalized spacial score (nSPS) is 15.9. The number of rotatable bonds is 5. The minimum atomic E-state index is -4.68. The van der Waals surface area contributed by atoms with Crippen LogP contribution in [0.15, 0.2) is 41.4 Å². The largest absolute Gasteiger partial charge is 0.478 e. The van der Waals surface area contributed by atoms with Gasteiger partial charge in [0, 0.05) is 6.20 Å². The molecule has 0 saturated carbocycles. The Morgan fingerprint density at radius 3 is 2.54 bits per heavy atom. The van der Waals surface area contributed by atoms with Crippen LogP contribution in [0.2, 0.25) is 0 Å². The molecule has 2 aromatic rings. The molecule has 1 aliphatic rings. The summed E-state index contributed by atoms with van der Waals surface area (Å²) in [5, 5.41) is 8.90. The Morgan fingerprint density at radius 1 is 1.25 bits per heavy atom. The van der Waals surface area contributed by atoms with E-state index in [-0.39, 0.29) is 13.1 Å². The molecule has 1 aromatic carbocycles. The number of benzene rings is 1. The van der Waals surface area contributed by atoms with Crippen LogP contribution >= 0.6 is 0 Å². The molecule has 0 aliphatic carbocycles. The zero-order valence-corrected chi connectivity index (χ0v) is 14.7. The Morgan fingerprint density at radius 2 is 1.93 bits per heavy atom. The summed E-state index contributed by atoms with van der Waals surface area (Å²) in [7, 11) is -4.16. The molecule has 0 unspecified atom stereocenters. The Kier molecular flexibility index (Phi) is 5.02. The van der Waals surface area contributed by atoms with Crippen LogP contribution in [-0.4, -0.2) is 48.0 Å². The average Bonchev–Trinajstić information content (AvgIpc) is 2.57. The van der Waals surface area contributed by atoms with E-state index in [0.29, 0.717) is 12.1 Å². The van der Waals surface area contributed by atoms with E-state index in [2.05, 4.69) is 4.98 Å². The average molecular weight is 420 g/mol. The van der Waals surface area contributed by atoms with Crippen LogP contribution < -0.4 is 4.74 Å². The fourth-order valence-electron chi connectivity index (χ4n) is 2.51. The van der Waals surface area contributed by atoms with E-state index in [9.17, 15) is 30.8 Å². The van der Waals surface area contributed by atoms with Crippen molar-refractivity contribution in [3.63, 3.8) is 0 Å². The lowest BCUT2D eigenvalue weighted by Crippen LogP contribution is -2.56. The first-order valence-corrected chi connectivity index (χ1v) is 9.16. The van der Waals surface area contributed by atoms with Gasteiger partial charge in [-0.15, -0.1) is 0 Å². The highest BCUT2D eigenvalue weighted by atomic mass is 32.2. The fourth-order valence-corrected chi connectivity index (χ4v) is 4.04. The summed E-state index contributed by atoms with van der Waals surface area (Å²) in [6.45, 7) is -0.536. The fraction of sp³-hybridized carbons (Fsp3) is 0.250. The van der Waals surface area contributed by atoms with Crippen LogP contribution in [0.5, 0.6) is 5.88 Å². The highest BCUT2D eigenvalue weighted by Gasteiger charge is 2.41. The maximum Gasteiger partial charge on any atom is 0.421 e. The van der Waals surface area contributed by atoms with Gasteiger partial charge in [-0.3, -0.25) is 0 Å². The van der Waals surface area contributed by atoms with Crippen molar-refractivity contribution < 1.29 is 40.6 Å². The Balaban J connectivity index is 1.74. The first kappa shape index (κ1) is 20.0. The van der Waals surface area contributed by atoms with Gasteiger partial charge in [0.2, 0.25) is 15.9 Å². The van der Waals surface area contributed by atoms with Gasteiger partial charge in [-0.05, 0) is 30.3 Å². The molecule has 0 amide bonds. The van der Waals surface area contributed by atoms with Crippen molar-refractivity contribution in [2.75, 3.05) is 13.1 Å². The number of halogens is 4. The maximum absolute atomic E-state index is 13.4. The van der Waals surface area contributed by atoms with E-state index < -0.39 is 56.0 Å². The molecule has 7 nitrogen and oxygen atoms in total. The highest BCUT2D eigenvalue weighted by molar-refractivity contribution is 7.89. The molecule has 0 radical (unpaired) electrons. The van der Waals surface area contributed by atoms with E-state index in [1.54, 1.807) is 0 Å². The van der Waals surface area contributed by atoms with Crippen molar-refractivity contribution in [3.8, 4) is 5.88 Å². The lowest BCUT2D eigenvalue weighted by Gasteiger charge is -2.37. The molecule has 0 spiro atoms. The lowest BCUT2D eigenvalue weighted by atomic mass is 10.2. The summed E-state index contributed by atoms with van der Waals surface area (Å²) in [6.07, 6.45) is -4.44. The summed E-state index contributed by atoms with van der Waals surface area (Å²) in [4.78, 5) is 14.0. The van der Waals surface area contributed by atoms with Gasteiger partial charge >= 0.3 is 12.1 Å². The van der Waals surface area contributed by atoms with Crippen molar-refractivity contribution in [1.82, 2.24) is 9.29 Å². The maximum atomic E-state index is 13.4. The summed E-state index contributed by atoms with van der Waals surface area (Å²) >= 11 is 0. The van der Waals surface area contributed by atoms with Crippen molar-refractivity contribution in [3.05, 3.63) is 53.5 Å². The number of aromatic carboxylic acids is 1. The number of sulfonamides is 1. The zero-order chi connectivity index (χ0) is 20.7. The van der Waals surface area contributed by atoms with Gasteiger partial charge < -0.3 is 9.84 Å². The monoisotopic (exact) mass is 420 g/mol. The predicted octanol–water partition coefficient (Wildman–Crippen LogP) is 2.39. The molecule has 1 fully saturated rings. The molecule has 3 rings (SSSR count). The molecular weight excluding hydrogens is 408 g/mol. The van der Waals surface area contributed by atoms with Crippen molar-refractivity contribution in [2.45, 2.75) is 17.2 Å². The van der Waals surface area contributed by atoms with Gasteiger partial charge in [0.1, 0.15) is 17.5 Å². The first-order chi connectivity index (χ1) is 13.0. The third-order valence-electron chi connectivity index (χ3n) is 3.98. The Labute approximate surface area is 156 Å². The van der Waals surface area contributed by atoms with Crippen LogP contribution in [0, 0.1) is 5.82 Å². The van der Waals surface area contributed by atoms with Crippen molar-refractivity contribution >= 4 is 16.0 Å². The second kappa shape index (κ2) is 7.02. The van der Waals surface area contributed by atoms with Crippen LogP contribution in [0.1, 0.15) is 15.9 Å². The predicted molar refractivity (Wildman–Crippen MR) is 85.8 cm³/mol. The minimum Gasteiger partial charge on any atom is -0.478 e. The molecule has 1 aliphatic heterocycles. The van der Waals surface area contributed by atoms with Gasteiger partial charge in [0.15, 0.2) is 0 Å². The Hall–Kier alpha value is -2.73. The molecule has 150 valence electrons. The van der Waals surface area contributed by atoms with Gasteiger partial charge in [-0.25, -0.2) is 22.6 Å². The minimum absolute atomic E-state index is 0.268. The number of hydrogen-bond acceptors (Lipinski definition) is 5. The molecule has 1 aromatic heterocycles. The van der Waals surface area contributed by atoms with Crippen molar-refractivity contribution in [1.29, 1.82) is 0 Å². The molecule has 12 heteroatoms. The van der Waals surface area contributed by atoms with Gasteiger partial charge in [0.25, 0.3) is 0 Å². The topological polar surface area (TPSA) is 96.8 Å². The summed E-state index contributed by atoms with van der Waals surface area (Å²) in [5.74, 6) is -3.38. The molecule has 1 saturated heterocycles. The summed E-state index contributed by atoms with van der Waals surface area (Å²) < 4.78 is 83.3. The van der Waals surface area contributed by atoms with Gasteiger partial charge in [0.05, 0.1) is 23.5 Å². The van der Waals surface area contributed by atoms with E-state index in [1.807, 2.05) is 0 Å². The van der Waals surface area contributed by atoms with Crippen LogP contribution in [-0.2, 0) is 16.2 Å². The van der Waals surface area contributed by atoms with Crippen LogP contribution in [0.25, 0.3) is 0 Å². The quantitative estimate of drug-likeness (QED) is 0.747. The number of pyridine rings is 1. The number of nitrogens with zero attached hydrogens (tertiary/aromatic N) is 2. The number of carboxylic acid groups (broad SMARTS) is 1. The van der Waals surface area contributed by atoms with Crippen LogP contribution in [0.4, 0.5) is 17.6 Å². The van der Waals surface area contributed by atoms with Crippen molar-refractivity contribution in [2.24, 2.45) is 0 Å². The van der Waals surface area contributed by atoms with E-state index in [4.69, 9.17) is 9.84 Å². The number of hydrogen-bond donors (Lipinski definition) is 1. The summed E-state index contributed by atoms with van der Waals surface area (Å²) in [5.41, 5.74) is -1.89. The molecular formula is C16H12F4N2O5S. The number of ether oxygens (including phenoxy) is 1. The first-order valence-electron chi connectivity index (χ1n) is 7.72. The van der Waals surface area contributed by atoms with Gasteiger partial charge in [-0.1, -0.05) is 0 Å². The smallest absolute Gasteiger partial charge is 0.421 e. The third kappa shape index (κ3) is 3.78. The molecule has 28 heavy (non-hydrogen) atoms. The standard InChI is InChI=1S/C16H12F4N2O5S/c17-13-4-3-10(6-11(13)15(23)24)28(25,26)22-7-9(8-22)27-14-12(16(18,19)20)2-1-5-21-14/h1-6,9H,7-8H2,(H,23,24). The third-order valence-corrected chi connectivity index (χ3v) is 5.80. The molecule has 0 bridgehead atoms. The zero-order valence-electron chi connectivity index (χ0n) is 13.9. The van der Waals surface area contributed by atoms with E-state index in [1.165, 1.54) is 0 Å². The highest BCUT2D eigenvalue weighted by Crippen LogP contribution is 2.36.